The molecule has 2 amide bonds. The van der Waals surface area contributed by atoms with Crippen molar-refractivity contribution in [2.45, 2.75) is 20.3 Å². The van der Waals surface area contributed by atoms with E-state index in [1.165, 1.54) is 0 Å². The van der Waals surface area contributed by atoms with E-state index in [4.69, 9.17) is 11.6 Å². The number of hydrogen-bond donors (Lipinski definition) is 1. The molecule has 0 spiro atoms. The summed E-state index contributed by atoms with van der Waals surface area (Å²) in [6.45, 7) is 4.70. The molecule has 0 saturated heterocycles. The number of carbonyl (C=O) groups excluding carboxylic acids is 1. The Kier molecular flexibility index (Phi) is 4.62. The fourth-order valence-electron chi connectivity index (χ4n) is 1.33. The average Bonchev–Trinajstić information content (AvgIpc) is 2.24. The van der Waals surface area contributed by atoms with E-state index >= 15 is 0 Å². The van der Waals surface area contributed by atoms with Crippen LogP contribution in [0, 0.1) is 6.92 Å². The first-order valence-corrected chi connectivity index (χ1v) is 5.70. The second-order valence-corrected chi connectivity index (χ2v) is 4.22. The lowest BCUT2D eigenvalue weighted by Crippen LogP contribution is -2.31. The monoisotopic (exact) mass is 240 g/mol. The Morgan fingerprint density at radius 3 is 2.75 bits per heavy atom. The third-order valence-electron chi connectivity index (χ3n) is 2.33. The van der Waals surface area contributed by atoms with E-state index in [1.807, 2.05) is 26.0 Å². The van der Waals surface area contributed by atoms with Crippen LogP contribution in [-0.4, -0.2) is 24.5 Å². The lowest BCUT2D eigenvalue weighted by Gasteiger charge is -2.17. The molecule has 0 saturated carbocycles. The predicted molar refractivity (Wildman–Crippen MR) is 68.1 cm³/mol. The Hall–Kier alpha value is -1.22. The number of anilines is 1. The zero-order valence-electron chi connectivity index (χ0n) is 9.88. The van der Waals surface area contributed by atoms with Gasteiger partial charge in [-0.25, -0.2) is 4.79 Å². The van der Waals surface area contributed by atoms with E-state index in [1.54, 1.807) is 18.0 Å². The molecule has 0 aliphatic heterocycles. The van der Waals surface area contributed by atoms with E-state index in [0.29, 0.717) is 5.02 Å². The molecule has 0 heterocycles. The normalized spacial score (nSPS) is 10.0. The number of urea groups is 1. The van der Waals surface area contributed by atoms with Gasteiger partial charge in [-0.05, 0) is 31.0 Å². The van der Waals surface area contributed by atoms with Crippen molar-refractivity contribution in [3.05, 3.63) is 28.8 Å². The van der Waals surface area contributed by atoms with Gasteiger partial charge in [0.2, 0.25) is 0 Å². The van der Waals surface area contributed by atoms with Crippen LogP contribution in [0.2, 0.25) is 5.02 Å². The Balaban J connectivity index is 2.66. The van der Waals surface area contributed by atoms with Gasteiger partial charge in [-0.2, -0.15) is 0 Å². The smallest absolute Gasteiger partial charge is 0.321 e. The Morgan fingerprint density at radius 1 is 1.50 bits per heavy atom. The number of carbonyl (C=O) groups is 1. The molecule has 0 aliphatic rings. The van der Waals surface area contributed by atoms with Gasteiger partial charge in [0.05, 0.1) is 0 Å². The summed E-state index contributed by atoms with van der Waals surface area (Å²) < 4.78 is 0. The van der Waals surface area contributed by atoms with Crippen molar-refractivity contribution in [1.29, 1.82) is 0 Å². The van der Waals surface area contributed by atoms with Gasteiger partial charge in [0, 0.05) is 24.3 Å². The molecular weight excluding hydrogens is 224 g/mol. The molecule has 0 bridgehead atoms. The first kappa shape index (κ1) is 12.8. The van der Waals surface area contributed by atoms with Crippen molar-refractivity contribution in [2.75, 3.05) is 18.9 Å². The Bertz CT molecular complexity index is 379. The molecule has 0 aromatic heterocycles. The maximum Gasteiger partial charge on any atom is 0.321 e. The minimum absolute atomic E-state index is 0.109. The van der Waals surface area contributed by atoms with Gasteiger partial charge < -0.3 is 10.2 Å². The van der Waals surface area contributed by atoms with Crippen molar-refractivity contribution in [3.63, 3.8) is 0 Å². The van der Waals surface area contributed by atoms with Crippen molar-refractivity contribution >= 4 is 23.3 Å². The SMILES string of the molecule is CCCN(C)C(=O)Nc1ccc(C)c(Cl)c1. The molecule has 0 aliphatic carbocycles. The van der Waals surface area contributed by atoms with Crippen LogP contribution in [0.1, 0.15) is 18.9 Å². The summed E-state index contributed by atoms with van der Waals surface area (Å²) in [5, 5.41) is 3.46. The number of aryl methyl sites for hydroxylation is 1. The third kappa shape index (κ3) is 3.42. The lowest BCUT2D eigenvalue weighted by molar-refractivity contribution is 0.222. The third-order valence-corrected chi connectivity index (χ3v) is 2.74. The molecule has 1 N–H and O–H groups in total. The van der Waals surface area contributed by atoms with Crippen LogP contribution in [0.15, 0.2) is 18.2 Å². The van der Waals surface area contributed by atoms with Gasteiger partial charge in [-0.15, -0.1) is 0 Å². The van der Waals surface area contributed by atoms with Gasteiger partial charge in [0.1, 0.15) is 0 Å². The van der Waals surface area contributed by atoms with E-state index in [2.05, 4.69) is 5.32 Å². The number of hydrogen-bond acceptors (Lipinski definition) is 1. The quantitative estimate of drug-likeness (QED) is 0.862. The number of rotatable bonds is 3. The summed E-state index contributed by atoms with van der Waals surface area (Å²) in [5.74, 6) is 0. The van der Waals surface area contributed by atoms with Gasteiger partial charge in [-0.3, -0.25) is 0 Å². The molecule has 4 heteroatoms. The second-order valence-electron chi connectivity index (χ2n) is 3.82. The average molecular weight is 241 g/mol. The van der Waals surface area contributed by atoms with Crippen LogP contribution < -0.4 is 5.32 Å². The largest absolute Gasteiger partial charge is 0.328 e. The van der Waals surface area contributed by atoms with Crippen molar-refractivity contribution in [3.8, 4) is 0 Å². The van der Waals surface area contributed by atoms with E-state index in [9.17, 15) is 4.79 Å². The summed E-state index contributed by atoms with van der Waals surface area (Å²) in [6, 6.07) is 5.38. The first-order chi connectivity index (χ1) is 7.54. The van der Waals surface area contributed by atoms with Crippen molar-refractivity contribution in [2.24, 2.45) is 0 Å². The topological polar surface area (TPSA) is 32.3 Å². The van der Waals surface area contributed by atoms with Gasteiger partial charge in [-0.1, -0.05) is 24.6 Å². The number of amides is 2. The summed E-state index contributed by atoms with van der Waals surface area (Å²) in [6.07, 6.45) is 0.943. The summed E-state index contributed by atoms with van der Waals surface area (Å²) in [4.78, 5) is 13.3. The van der Waals surface area contributed by atoms with Gasteiger partial charge in [0.15, 0.2) is 0 Å². The number of nitrogens with zero attached hydrogens (tertiary/aromatic N) is 1. The van der Waals surface area contributed by atoms with E-state index in [0.717, 1.165) is 24.2 Å². The van der Waals surface area contributed by atoms with Crippen molar-refractivity contribution in [1.82, 2.24) is 4.90 Å². The molecule has 1 aromatic carbocycles. The minimum atomic E-state index is -0.109. The van der Waals surface area contributed by atoms with Crippen LogP contribution >= 0.6 is 11.6 Å². The Labute approximate surface area is 101 Å². The highest BCUT2D eigenvalue weighted by molar-refractivity contribution is 6.31. The first-order valence-electron chi connectivity index (χ1n) is 5.33. The van der Waals surface area contributed by atoms with E-state index in [-0.39, 0.29) is 6.03 Å². The zero-order chi connectivity index (χ0) is 12.1. The highest BCUT2D eigenvalue weighted by Gasteiger charge is 2.07. The Morgan fingerprint density at radius 2 is 2.19 bits per heavy atom. The fourth-order valence-corrected chi connectivity index (χ4v) is 1.51. The van der Waals surface area contributed by atoms with Gasteiger partial charge >= 0.3 is 6.03 Å². The molecule has 0 radical (unpaired) electrons. The summed E-state index contributed by atoms with van der Waals surface area (Å²) in [5.41, 5.74) is 1.73. The predicted octanol–water partition coefficient (Wildman–Crippen LogP) is 3.52. The summed E-state index contributed by atoms with van der Waals surface area (Å²) in [7, 11) is 1.77. The number of nitrogens with one attached hydrogen (secondary N) is 1. The number of benzene rings is 1. The maximum absolute atomic E-state index is 11.7. The second kappa shape index (κ2) is 5.75. The molecule has 1 rings (SSSR count). The van der Waals surface area contributed by atoms with Crippen molar-refractivity contribution < 1.29 is 4.79 Å². The highest BCUT2D eigenvalue weighted by atomic mass is 35.5. The number of halogens is 1. The van der Waals surface area contributed by atoms with Crippen LogP contribution in [0.3, 0.4) is 0 Å². The lowest BCUT2D eigenvalue weighted by atomic mass is 10.2. The molecule has 88 valence electrons. The molecule has 0 atom stereocenters. The fraction of sp³-hybridized carbons (Fsp3) is 0.417. The van der Waals surface area contributed by atoms with Crippen LogP contribution in [0.5, 0.6) is 0 Å². The van der Waals surface area contributed by atoms with E-state index < -0.39 is 0 Å². The summed E-state index contributed by atoms with van der Waals surface area (Å²) >= 11 is 5.97. The molecule has 16 heavy (non-hydrogen) atoms. The molecule has 0 fully saturated rings. The van der Waals surface area contributed by atoms with Crippen LogP contribution in [0.4, 0.5) is 10.5 Å². The molecular formula is C12H17ClN2O. The standard InChI is InChI=1S/C12H17ClN2O/c1-4-7-15(3)12(16)14-10-6-5-9(2)11(13)8-10/h5-6,8H,4,7H2,1-3H3,(H,14,16). The zero-order valence-corrected chi connectivity index (χ0v) is 10.6. The molecule has 0 unspecified atom stereocenters. The minimum Gasteiger partial charge on any atom is -0.328 e. The molecule has 3 nitrogen and oxygen atoms in total. The van der Waals surface area contributed by atoms with Crippen LogP contribution in [0.25, 0.3) is 0 Å². The molecule has 1 aromatic rings. The van der Waals surface area contributed by atoms with Crippen LogP contribution in [-0.2, 0) is 0 Å². The van der Waals surface area contributed by atoms with Gasteiger partial charge in [0.25, 0.3) is 0 Å². The maximum atomic E-state index is 11.7. The highest BCUT2D eigenvalue weighted by Crippen LogP contribution is 2.20.